The highest BCUT2D eigenvalue weighted by atomic mass is 35.5. The van der Waals surface area contributed by atoms with E-state index in [4.69, 9.17) is 15.2 Å². The molecule has 2 rings (SSSR count). The van der Waals surface area contributed by atoms with Gasteiger partial charge in [0.1, 0.15) is 0 Å². The van der Waals surface area contributed by atoms with Crippen LogP contribution in [0.2, 0.25) is 0 Å². The number of carbonyl (C=O) groups is 1. The summed E-state index contributed by atoms with van der Waals surface area (Å²) >= 11 is 0. The predicted octanol–water partition coefficient (Wildman–Crippen LogP) is 4.53. The molecule has 0 aliphatic carbocycles. The average molecular weight is 393 g/mol. The van der Waals surface area contributed by atoms with Crippen LogP contribution in [0.1, 0.15) is 48.3 Å². The third-order valence-corrected chi connectivity index (χ3v) is 4.11. The quantitative estimate of drug-likeness (QED) is 0.678. The number of hydrogen-bond acceptors (Lipinski definition) is 4. The summed E-state index contributed by atoms with van der Waals surface area (Å²) in [7, 11) is 1.61. The highest BCUT2D eigenvalue weighted by molar-refractivity contribution is 5.96. The van der Waals surface area contributed by atoms with Crippen LogP contribution in [0.4, 0.5) is 5.69 Å². The Balaban J connectivity index is 0.00000364. The fraction of sp³-hybridized carbons (Fsp3) is 0.381. The second kappa shape index (κ2) is 10.1. The summed E-state index contributed by atoms with van der Waals surface area (Å²) in [6, 6.07) is 10.9. The SMILES string of the molecule is COc1cc(C(C)NC(=O)c2cc(N)ccc2C)ccc1OCC(C)C.Cl. The van der Waals surface area contributed by atoms with Gasteiger partial charge in [-0.15, -0.1) is 12.4 Å². The Morgan fingerprint density at radius 3 is 2.44 bits per heavy atom. The lowest BCUT2D eigenvalue weighted by atomic mass is 10.0. The molecule has 0 saturated carbocycles. The molecule has 0 heterocycles. The number of ether oxygens (including phenoxy) is 2. The van der Waals surface area contributed by atoms with Crippen molar-refractivity contribution in [3.05, 3.63) is 53.1 Å². The van der Waals surface area contributed by atoms with Crippen LogP contribution < -0.4 is 20.5 Å². The van der Waals surface area contributed by atoms with Gasteiger partial charge in [0.05, 0.1) is 19.8 Å². The van der Waals surface area contributed by atoms with Crippen molar-refractivity contribution in [3.8, 4) is 11.5 Å². The molecule has 1 unspecified atom stereocenters. The molecule has 0 fully saturated rings. The van der Waals surface area contributed by atoms with Crippen molar-refractivity contribution < 1.29 is 14.3 Å². The number of anilines is 1. The zero-order valence-electron chi connectivity index (χ0n) is 16.5. The number of hydrogen-bond donors (Lipinski definition) is 2. The first-order valence-electron chi connectivity index (χ1n) is 8.79. The van der Waals surface area contributed by atoms with Crippen LogP contribution in [-0.2, 0) is 0 Å². The van der Waals surface area contributed by atoms with Gasteiger partial charge in [0.25, 0.3) is 5.91 Å². The standard InChI is InChI=1S/C21H28N2O3.ClH/c1-13(2)12-26-19-9-7-16(10-20(19)25-5)15(4)23-21(24)18-11-17(22)8-6-14(18)3;/h6-11,13,15H,12,22H2,1-5H3,(H,23,24);1H. The minimum Gasteiger partial charge on any atom is -0.493 e. The van der Waals surface area contributed by atoms with E-state index < -0.39 is 0 Å². The molecule has 0 bridgehead atoms. The maximum Gasteiger partial charge on any atom is 0.252 e. The van der Waals surface area contributed by atoms with E-state index in [0.717, 1.165) is 11.1 Å². The van der Waals surface area contributed by atoms with Crippen LogP contribution in [0.3, 0.4) is 0 Å². The fourth-order valence-corrected chi connectivity index (χ4v) is 2.57. The van der Waals surface area contributed by atoms with E-state index >= 15 is 0 Å². The molecule has 0 spiro atoms. The zero-order valence-corrected chi connectivity index (χ0v) is 17.4. The van der Waals surface area contributed by atoms with Crippen molar-refractivity contribution >= 4 is 24.0 Å². The van der Waals surface area contributed by atoms with E-state index in [1.807, 2.05) is 38.1 Å². The molecular weight excluding hydrogens is 364 g/mol. The molecule has 1 atom stereocenters. The highest BCUT2D eigenvalue weighted by Gasteiger charge is 2.16. The zero-order chi connectivity index (χ0) is 19.3. The smallest absolute Gasteiger partial charge is 0.252 e. The molecule has 148 valence electrons. The summed E-state index contributed by atoms with van der Waals surface area (Å²) in [5.74, 6) is 1.64. The molecule has 3 N–H and O–H groups in total. The van der Waals surface area contributed by atoms with E-state index in [0.29, 0.717) is 35.3 Å². The molecule has 2 aromatic rings. The van der Waals surface area contributed by atoms with Crippen molar-refractivity contribution in [1.29, 1.82) is 0 Å². The first-order chi connectivity index (χ1) is 12.3. The molecule has 27 heavy (non-hydrogen) atoms. The van der Waals surface area contributed by atoms with Crippen molar-refractivity contribution in [1.82, 2.24) is 5.32 Å². The van der Waals surface area contributed by atoms with Gasteiger partial charge in [-0.1, -0.05) is 26.0 Å². The molecule has 0 saturated heterocycles. The van der Waals surface area contributed by atoms with Crippen molar-refractivity contribution in [2.75, 3.05) is 19.5 Å². The molecule has 0 aliphatic heterocycles. The lowest BCUT2D eigenvalue weighted by Gasteiger charge is -2.18. The van der Waals surface area contributed by atoms with Crippen molar-refractivity contribution in [2.45, 2.75) is 33.7 Å². The summed E-state index contributed by atoms with van der Waals surface area (Å²) in [6.07, 6.45) is 0. The Morgan fingerprint density at radius 1 is 1.11 bits per heavy atom. The number of carbonyl (C=O) groups excluding carboxylic acids is 1. The Hall–Kier alpha value is -2.40. The minimum atomic E-state index is -0.184. The summed E-state index contributed by atoms with van der Waals surface area (Å²) in [6.45, 7) is 8.64. The molecule has 0 aromatic heterocycles. The molecule has 6 heteroatoms. The van der Waals surface area contributed by atoms with Gasteiger partial charge in [0.15, 0.2) is 11.5 Å². The normalized spacial score (nSPS) is 11.5. The van der Waals surface area contributed by atoms with Gasteiger partial charge in [-0.2, -0.15) is 0 Å². The Morgan fingerprint density at radius 2 is 1.81 bits per heavy atom. The Labute approximate surface area is 167 Å². The second-order valence-corrected chi connectivity index (χ2v) is 6.88. The predicted molar refractivity (Wildman–Crippen MR) is 112 cm³/mol. The molecule has 1 amide bonds. The van der Waals surface area contributed by atoms with Gasteiger partial charge in [-0.05, 0) is 55.2 Å². The summed E-state index contributed by atoms with van der Waals surface area (Å²) in [5, 5.41) is 3.01. The van der Waals surface area contributed by atoms with E-state index in [1.165, 1.54) is 0 Å². The van der Waals surface area contributed by atoms with Gasteiger partial charge in [0, 0.05) is 11.3 Å². The first-order valence-corrected chi connectivity index (χ1v) is 8.79. The van der Waals surface area contributed by atoms with E-state index in [9.17, 15) is 4.79 Å². The number of nitrogens with one attached hydrogen (secondary N) is 1. The number of benzene rings is 2. The topological polar surface area (TPSA) is 73.6 Å². The maximum absolute atomic E-state index is 12.6. The number of rotatable bonds is 7. The van der Waals surface area contributed by atoms with Gasteiger partial charge >= 0.3 is 0 Å². The minimum absolute atomic E-state index is 0. The number of amides is 1. The van der Waals surface area contributed by atoms with Crippen LogP contribution in [0, 0.1) is 12.8 Å². The summed E-state index contributed by atoms with van der Waals surface area (Å²) < 4.78 is 11.2. The lowest BCUT2D eigenvalue weighted by molar-refractivity contribution is 0.0939. The van der Waals surface area contributed by atoms with Crippen LogP contribution in [-0.4, -0.2) is 19.6 Å². The highest BCUT2D eigenvalue weighted by Crippen LogP contribution is 2.30. The number of methoxy groups -OCH3 is 1. The molecule has 0 radical (unpaired) electrons. The third-order valence-electron chi connectivity index (χ3n) is 4.11. The largest absolute Gasteiger partial charge is 0.493 e. The summed E-state index contributed by atoms with van der Waals surface area (Å²) in [5.41, 5.74) is 8.78. The van der Waals surface area contributed by atoms with Crippen molar-refractivity contribution in [3.63, 3.8) is 0 Å². The van der Waals surface area contributed by atoms with Gasteiger partial charge in [-0.25, -0.2) is 0 Å². The van der Waals surface area contributed by atoms with E-state index in [2.05, 4.69) is 19.2 Å². The average Bonchev–Trinajstić information content (AvgIpc) is 2.61. The number of aryl methyl sites for hydroxylation is 1. The number of halogens is 1. The van der Waals surface area contributed by atoms with Crippen LogP contribution >= 0.6 is 12.4 Å². The van der Waals surface area contributed by atoms with Crippen molar-refractivity contribution in [2.24, 2.45) is 5.92 Å². The molecule has 0 aliphatic rings. The van der Waals surface area contributed by atoms with Gasteiger partial charge < -0.3 is 20.5 Å². The lowest BCUT2D eigenvalue weighted by Crippen LogP contribution is -2.27. The van der Waals surface area contributed by atoms with Crippen LogP contribution in [0.5, 0.6) is 11.5 Å². The third kappa shape index (κ3) is 6.07. The first kappa shape index (κ1) is 22.6. The van der Waals surface area contributed by atoms with Crippen LogP contribution in [0.25, 0.3) is 0 Å². The molecular formula is C21H29ClN2O3. The maximum atomic E-state index is 12.6. The van der Waals surface area contributed by atoms with Crippen LogP contribution in [0.15, 0.2) is 36.4 Å². The number of nitrogens with two attached hydrogens (primary N) is 1. The molecule has 2 aromatic carbocycles. The Kier molecular flexibility index (Phi) is 8.44. The Bertz CT molecular complexity index is 778. The fourth-order valence-electron chi connectivity index (χ4n) is 2.57. The van der Waals surface area contributed by atoms with Gasteiger partial charge in [-0.3, -0.25) is 4.79 Å². The second-order valence-electron chi connectivity index (χ2n) is 6.88. The van der Waals surface area contributed by atoms with E-state index in [-0.39, 0.29) is 24.4 Å². The molecule has 5 nitrogen and oxygen atoms in total. The van der Waals surface area contributed by atoms with E-state index in [1.54, 1.807) is 19.2 Å². The monoisotopic (exact) mass is 392 g/mol. The van der Waals surface area contributed by atoms with Gasteiger partial charge in [0.2, 0.25) is 0 Å². The number of nitrogen functional groups attached to an aromatic ring is 1. The summed E-state index contributed by atoms with van der Waals surface area (Å²) in [4.78, 5) is 12.6.